The monoisotopic (exact) mass is 686 g/mol. The van der Waals surface area contributed by atoms with Crippen LogP contribution in [0.2, 0.25) is 0 Å². The summed E-state index contributed by atoms with van der Waals surface area (Å²) in [5, 5.41) is 17.8. The second-order valence-electron chi connectivity index (χ2n) is 15.1. The predicted molar refractivity (Wildman–Crippen MR) is 232 cm³/mol. The fourth-order valence-electron chi connectivity index (χ4n) is 9.62. The standard InChI is InChI=1S/C52H34N2/c1-31-19-23-42-46(27-31)53(44-25-21-33-11-3-5-13-36(33)51(42)44)48-29-35-30-49(39-16-8-10-18-41(39)50(35)40-17-9-7-15-38(40)48)54-45-26-22-34-12-4-6-14-37(34)52(45)43-24-20-32(2)28-47(43)54/h3-30H,1-2H3. The molecule has 0 spiro atoms. The smallest absolute Gasteiger partial charge is 0.0547 e. The van der Waals surface area contributed by atoms with E-state index < -0.39 is 0 Å². The average molecular weight is 687 g/mol. The summed E-state index contributed by atoms with van der Waals surface area (Å²) in [6.45, 7) is 4.40. The Morgan fingerprint density at radius 3 is 1.15 bits per heavy atom. The average Bonchev–Trinajstić information content (AvgIpc) is 3.72. The Bertz CT molecular complexity index is 3340. The first-order valence-corrected chi connectivity index (χ1v) is 18.9. The summed E-state index contributed by atoms with van der Waals surface area (Å²) >= 11 is 0. The van der Waals surface area contributed by atoms with Gasteiger partial charge in [0.25, 0.3) is 0 Å². The number of benzene rings is 10. The van der Waals surface area contributed by atoms with Crippen molar-refractivity contribution in [2.75, 3.05) is 0 Å². The van der Waals surface area contributed by atoms with Crippen LogP contribution >= 0.6 is 0 Å². The van der Waals surface area contributed by atoms with Crippen molar-refractivity contribution in [1.82, 2.24) is 9.13 Å². The molecule has 0 saturated heterocycles. The molecular weight excluding hydrogens is 653 g/mol. The third-order valence-corrected chi connectivity index (χ3v) is 11.9. The zero-order chi connectivity index (χ0) is 35.7. The molecule has 12 rings (SSSR count). The van der Waals surface area contributed by atoms with Crippen molar-refractivity contribution >= 4 is 97.5 Å². The van der Waals surface area contributed by atoms with Crippen molar-refractivity contribution in [3.63, 3.8) is 0 Å². The fourth-order valence-corrected chi connectivity index (χ4v) is 9.62. The highest BCUT2D eigenvalue weighted by atomic mass is 15.0. The number of hydrogen-bond acceptors (Lipinski definition) is 0. The molecule has 54 heavy (non-hydrogen) atoms. The van der Waals surface area contributed by atoms with Gasteiger partial charge in [-0.3, -0.25) is 0 Å². The first kappa shape index (κ1) is 29.7. The lowest BCUT2D eigenvalue weighted by Crippen LogP contribution is -1.99. The summed E-state index contributed by atoms with van der Waals surface area (Å²) in [5.74, 6) is 0. The van der Waals surface area contributed by atoms with E-state index in [-0.39, 0.29) is 0 Å². The van der Waals surface area contributed by atoms with Gasteiger partial charge in [0.15, 0.2) is 0 Å². The Labute approximate surface area is 311 Å². The van der Waals surface area contributed by atoms with Crippen molar-refractivity contribution < 1.29 is 0 Å². The maximum Gasteiger partial charge on any atom is 0.0547 e. The third kappa shape index (κ3) is 3.95. The van der Waals surface area contributed by atoms with E-state index in [2.05, 4.69) is 193 Å². The van der Waals surface area contributed by atoms with Gasteiger partial charge < -0.3 is 9.13 Å². The summed E-state index contributed by atoms with van der Waals surface area (Å²) in [4.78, 5) is 0. The summed E-state index contributed by atoms with van der Waals surface area (Å²) in [7, 11) is 0. The molecule has 0 N–H and O–H groups in total. The van der Waals surface area contributed by atoms with E-state index in [1.807, 2.05) is 0 Å². The van der Waals surface area contributed by atoms with Gasteiger partial charge in [-0.25, -0.2) is 0 Å². The van der Waals surface area contributed by atoms with Gasteiger partial charge in [-0.1, -0.05) is 133 Å². The summed E-state index contributed by atoms with van der Waals surface area (Å²) in [5.41, 5.74) is 9.82. The van der Waals surface area contributed by atoms with Crippen LogP contribution in [0, 0.1) is 13.8 Å². The largest absolute Gasteiger partial charge is 0.309 e. The van der Waals surface area contributed by atoms with Crippen LogP contribution in [0.4, 0.5) is 0 Å². The lowest BCUT2D eigenvalue weighted by molar-refractivity contribution is 1.19. The Morgan fingerprint density at radius 2 is 0.685 bits per heavy atom. The zero-order valence-corrected chi connectivity index (χ0v) is 30.1. The minimum absolute atomic E-state index is 1.20. The SMILES string of the molecule is Cc1ccc2c3c4ccccc4ccc3n(-c3cc4cc(-n5c6cc(C)ccc6c6c7ccccc7ccc65)c5ccccc5c4c4ccccc34)c2c1. The lowest BCUT2D eigenvalue weighted by Gasteiger charge is -2.19. The highest BCUT2D eigenvalue weighted by molar-refractivity contribution is 6.27. The summed E-state index contributed by atoms with van der Waals surface area (Å²) < 4.78 is 5.05. The van der Waals surface area contributed by atoms with Crippen LogP contribution in [-0.4, -0.2) is 9.13 Å². The van der Waals surface area contributed by atoms with Crippen molar-refractivity contribution in [2.24, 2.45) is 0 Å². The number of aromatic nitrogens is 2. The van der Waals surface area contributed by atoms with Gasteiger partial charge in [0, 0.05) is 32.3 Å². The number of rotatable bonds is 2. The van der Waals surface area contributed by atoms with Crippen LogP contribution in [0.25, 0.3) is 109 Å². The van der Waals surface area contributed by atoms with Crippen LogP contribution in [0.3, 0.4) is 0 Å². The molecule has 0 aliphatic carbocycles. The van der Waals surface area contributed by atoms with E-state index in [1.165, 1.54) is 120 Å². The first-order valence-electron chi connectivity index (χ1n) is 18.9. The molecule has 0 atom stereocenters. The Morgan fingerprint density at radius 1 is 0.278 bits per heavy atom. The molecule has 2 aromatic heterocycles. The maximum absolute atomic E-state index is 2.52. The molecule has 12 aromatic rings. The first-order chi connectivity index (χ1) is 26.6. The molecule has 2 nitrogen and oxygen atoms in total. The highest BCUT2D eigenvalue weighted by Crippen LogP contribution is 2.45. The van der Waals surface area contributed by atoms with E-state index in [0.29, 0.717) is 0 Å². The number of fused-ring (bicyclic) bond motifs is 15. The molecule has 10 aromatic carbocycles. The highest BCUT2D eigenvalue weighted by Gasteiger charge is 2.21. The molecule has 0 aliphatic rings. The van der Waals surface area contributed by atoms with Gasteiger partial charge in [-0.2, -0.15) is 0 Å². The van der Waals surface area contributed by atoms with E-state index >= 15 is 0 Å². The molecular formula is C52H34N2. The predicted octanol–water partition coefficient (Wildman–Crippen LogP) is 14.3. The van der Waals surface area contributed by atoms with Gasteiger partial charge in [-0.15, -0.1) is 0 Å². The van der Waals surface area contributed by atoms with Crippen molar-refractivity contribution in [1.29, 1.82) is 0 Å². The summed E-state index contributed by atoms with van der Waals surface area (Å²) in [6.07, 6.45) is 0. The second-order valence-corrected chi connectivity index (χ2v) is 15.1. The van der Waals surface area contributed by atoms with E-state index in [0.717, 1.165) is 0 Å². The molecule has 0 aliphatic heterocycles. The van der Waals surface area contributed by atoms with E-state index in [4.69, 9.17) is 0 Å². The van der Waals surface area contributed by atoms with Crippen LogP contribution in [0.15, 0.2) is 170 Å². The van der Waals surface area contributed by atoms with Crippen molar-refractivity contribution in [3.05, 3.63) is 181 Å². The van der Waals surface area contributed by atoms with Crippen molar-refractivity contribution in [3.8, 4) is 11.4 Å². The molecule has 252 valence electrons. The third-order valence-electron chi connectivity index (χ3n) is 11.9. The minimum Gasteiger partial charge on any atom is -0.309 e. The molecule has 2 heterocycles. The van der Waals surface area contributed by atoms with Gasteiger partial charge >= 0.3 is 0 Å². The molecule has 0 saturated carbocycles. The lowest BCUT2D eigenvalue weighted by atomic mass is 9.94. The maximum atomic E-state index is 2.52. The van der Waals surface area contributed by atoms with Crippen LogP contribution in [0.5, 0.6) is 0 Å². The van der Waals surface area contributed by atoms with Gasteiger partial charge in [0.2, 0.25) is 0 Å². The molecule has 0 radical (unpaired) electrons. The van der Waals surface area contributed by atoms with E-state index in [1.54, 1.807) is 0 Å². The van der Waals surface area contributed by atoms with Crippen LogP contribution in [0.1, 0.15) is 11.1 Å². The minimum atomic E-state index is 1.20. The van der Waals surface area contributed by atoms with Gasteiger partial charge in [-0.05, 0) is 104 Å². The molecule has 0 bridgehead atoms. The number of hydrogen-bond donors (Lipinski definition) is 0. The number of aryl methyl sites for hydroxylation is 2. The molecule has 2 heteroatoms. The van der Waals surface area contributed by atoms with Crippen LogP contribution < -0.4 is 0 Å². The zero-order valence-electron chi connectivity index (χ0n) is 30.1. The molecule has 0 unspecified atom stereocenters. The molecule has 0 amide bonds. The van der Waals surface area contributed by atoms with Gasteiger partial charge in [0.05, 0.1) is 33.4 Å². The number of nitrogens with zero attached hydrogens (tertiary/aromatic N) is 2. The quantitative estimate of drug-likeness (QED) is 0.160. The Hall–Kier alpha value is -6.90. The fraction of sp³-hybridized carbons (Fsp3) is 0.0385. The topological polar surface area (TPSA) is 9.86 Å². The van der Waals surface area contributed by atoms with E-state index in [9.17, 15) is 0 Å². The summed E-state index contributed by atoms with van der Waals surface area (Å²) in [6, 6.07) is 63.6. The van der Waals surface area contributed by atoms with Crippen LogP contribution in [-0.2, 0) is 0 Å². The Balaban J connectivity index is 1.27. The molecule has 0 fully saturated rings. The van der Waals surface area contributed by atoms with Gasteiger partial charge in [0.1, 0.15) is 0 Å². The Kier molecular flexibility index (Phi) is 5.94. The second kappa shape index (κ2) is 10.8. The normalized spacial score (nSPS) is 12.3. The van der Waals surface area contributed by atoms with Crippen molar-refractivity contribution in [2.45, 2.75) is 13.8 Å².